The normalized spacial score (nSPS) is 10.3. The molecule has 3 aromatic rings. The van der Waals surface area contributed by atoms with E-state index >= 15 is 0 Å². The van der Waals surface area contributed by atoms with Crippen LogP contribution in [0, 0.1) is 0 Å². The van der Waals surface area contributed by atoms with Gasteiger partial charge in [-0.25, -0.2) is 0 Å². The van der Waals surface area contributed by atoms with Gasteiger partial charge in [0.2, 0.25) is 5.01 Å². The molecule has 3 rings (SSSR count). The van der Waals surface area contributed by atoms with Gasteiger partial charge in [0.05, 0.1) is 13.2 Å². The van der Waals surface area contributed by atoms with Crippen LogP contribution in [0.15, 0.2) is 54.6 Å². The number of para-hydroxylation sites is 1. The Morgan fingerprint density at radius 2 is 1.74 bits per heavy atom. The molecule has 1 aromatic heterocycles. The molecule has 0 unspecified atom stereocenters. The van der Waals surface area contributed by atoms with E-state index in [4.69, 9.17) is 4.74 Å². The summed E-state index contributed by atoms with van der Waals surface area (Å²) in [6, 6.07) is 16.0. The molecule has 0 atom stereocenters. The first-order valence-corrected chi connectivity index (χ1v) is 9.17. The van der Waals surface area contributed by atoms with Crippen molar-refractivity contribution < 1.29 is 14.3 Å². The Kier molecular flexibility index (Phi) is 6.11. The molecule has 2 aromatic carbocycles. The van der Waals surface area contributed by atoms with Crippen LogP contribution in [0.3, 0.4) is 0 Å². The predicted octanol–water partition coefficient (Wildman–Crippen LogP) is 3.12. The molecule has 1 heterocycles. The Morgan fingerprint density at radius 3 is 2.44 bits per heavy atom. The van der Waals surface area contributed by atoms with Crippen LogP contribution in [-0.2, 0) is 6.54 Å². The van der Waals surface area contributed by atoms with Crippen LogP contribution in [-0.4, -0.2) is 28.6 Å². The van der Waals surface area contributed by atoms with E-state index in [9.17, 15) is 9.59 Å². The third-order valence-electron chi connectivity index (χ3n) is 3.52. The maximum absolute atomic E-state index is 12.2. The van der Waals surface area contributed by atoms with Crippen molar-refractivity contribution in [2.45, 2.75) is 13.5 Å². The van der Waals surface area contributed by atoms with Crippen molar-refractivity contribution >= 4 is 28.8 Å². The molecule has 138 valence electrons. The van der Waals surface area contributed by atoms with E-state index < -0.39 is 0 Å². The summed E-state index contributed by atoms with van der Waals surface area (Å²) in [5.74, 6) is 0.151. The van der Waals surface area contributed by atoms with Gasteiger partial charge >= 0.3 is 0 Å². The summed E-state index contributed by atoms with van der Waals surface area (Å²) in [5.41, 5.74) is 1.20. The van der Waals surface area contributed by atoms with Crippen molar-refractivity contribution in [3.8, 4) is 5.75 Å². The molecule has 0 aliphatic heterocycles. The fourth-order valence-corrected chi connectivity index (χ4v) is 2.92. The summed E-state index contributed by atoms with van der Waals surface area (Å²) in [6.45, 7) is 2.67. The summed E-state index contributed by atoms with van der Waals surface area (Å²) < 4.78 is 5.35. The standard InChI is InChI=1S/C19H18N4O3S/c1-2-26-15-10-8-13(9-11-15)17(24)20-12-16-22-23-19(27-16)18(25)21-14-6-4-3-5-7-14/h3-11H,2,12H2,1H3,(H,20,24)(H,21,25). The van der Waals surface area contributed by atoms with Gasteiger partial charge in [0.15, 0.2) is 0 Å². The lowest BCUT2D eigenvalue weighted by Gasteiger charge is -2.05. The summed E-state index contributed by atoms with van der Waals surface area (Å²) >= 11 is 1.14. The van der Waals surface area contributed by atoms with Crippen LogP contribution in [0.25, 0.3) is 0 Å². The zero-order chi connectivity index (χ0) is 19.1. The summed E-state index contributed by atoms with van der Waals surface area (Å²) in [6.07, 6.45) is 0. The Hall–Kier alpha value is -3.26. The minimum atomic E-state index is -0.331. The van der Waals surface area contributed by atoms with Crippen molar-refractivity contribution in [2.75, 3.05) is 11.9 Å². The van der Waals surface area contributed by atoms with E-state index in [-0.39, 0.29) is 23.4 Å². The first-order chi connectivity index (χ1) is 13.2. The van der Waals surface area contributed by atoms with Crippen LogP contribution >= 0.6 is 11.3 Å². The molecule has 0 saturated carbocycles. The third-order valence-corrected chi connectivity index (χ3v) is 4.44. The third kappa shape index (κ3) is 5.11. The van der Waals surface area contributed by atoms with E-state index in [2.05, 4.69) is 20.8 Å². The lowest BCUT2D eigenvalue weighted by molar-refractivity contribution is 0.0950. The number of amides is 2. The van der Waals surface area contributed by atoms with Crippen LogP contribution in [0.2, 0.25) is 0 Å². The fraction of sp³-hybridized carbons (Fsp3) is 0.158. The molecule has 0 saturated heterocycles. The predicted molar refractivity (Wildman–Crippen MR) is 103 cm³/mol. The first kappa shape index (κ1) is 18.5. The maximum atomic E-state index is 12.2. The molecule has 0 fully saturated rings. The molecule has 8 heteroatoms. The van der Waals surface area contributed by atoms with Crippen LogP contribution in [0.1, 0.15) is 32.1 Å². The van der Waals surface area contributed by atoms with E-state index in [0.29, 0.717) is 28.6 Å². The number of hydrogen-bond acceptors (Lipinski definition) is 6. The Bertz CT molecular complexity index is 910. The molecular formula is C19H18N4O3S. The topological polar surface area (TPSA) is 93.2 Å². The quantitative estimate of drug-likeness (QED) is 0.655. The Labute approximate surface area is 160 Å². The van der Waals surface area contributed by atoms with Gasteiger partial charge < -0.3 is 15.4 Å². The van der Waals surface area contributed by atoms with Gasteiger partial charge in [0.25, 0.3) is 11.8 Å². The second-order valence-electron chi connectivity index (χ2n) is 5.46. The number of nitrogens with one attached hydrogen (secondary N) is 2. The largest absolute Gasteiger partial charge is 0.494 e. The molecule has 2 N–H and O–H groups in total. The number of carbonyl (C=O) groups excluding carboxylic acids is 2. The second kappa shape index (κ2) is 8.91. The van der Waals surface area contributed by atoms with E-state index in [1.54, 1.807) is 36.4 Å². The molecular weight excluding hydrogens is 364 g/mol. The number of aromatic nitrogens is 2. The number of rotatable bonds is 7. The molecule has 0 aliphatic rings. The molecule has 0 spiro atoms. The van der Waals surface area contributed by atoms with E-state index in [1.165, 1.54) is 0 Å². The number of carbonyl (C=O) groups is 2. The molecule has 27 heavy (non-hydrogen) atoms. The van der Waals surface area contributed by atoms with Gasteiger partial charge in [-0.3, -0.25) is 9.59 Å². The van der Waals surface area contributed by atoms with Crippen LogP contribution in [0.4, 0.5) is 5.69 Å². The van der Waals surface area contributed by atoms with Crippen molar-refractivity contribution in [3.63, 3.8) is 0 Å². The van der Waals surface area contributed by atoms with Gasteiger partial charge in [0, 0.05) is 11.3 Å². The van der Waals surface area contributed by atoms with Gasteiger partial charge in [0.1, 0.15) is 10.8 Å². The van der Waals surface area contributed by atoms with Gasteiger partial charge in [-0.15, -0.1) is 10.2 Å². The number of nitrogens with zero attached hydrogens (tertiary/aromatic N) is 2. The fourth-order valence-electron chi connectivity index (χ4n) is 2.25. The van der Waals surface area contributed by atoms with Crippen molar-refractivity contribution in [1.29, 1.82) is 0 Å². The van der Waals surface area contributed by atoms with Gasteiger partial charge in [-0.2, -0.15) is 0 Å². The van der Waals surface area contributed by atoms with Gasteiger partial charge in [-0.05, 0) is 43.3 Å². The summed E-state index contributed by atoms with van der Waals surface area (Å²) in [4.78, 5) is 24.4. The zero-order valence-corrected chi connectivity index (χ0v) is 15.5. The molecule has 2 amide bonds. The maximum Gasteiger partial charge on any atom is 0.286 e. The van der Waals surface area contributed by atoms with Crippen molar-refractivity contribution in [1.82, 2.24) is 15.5 Å². The Balaban J connectivity index is 1.54. The Morgan fingerprint density at radius 1 is 1.00 bits per heavy atom. The van der Waals surface area contributed by atoms with Crippen molar-refractivity contribution in [2.24, 2.45) is 0 Å². The summed E-state index contributed by atoms with van der Waals surface area (Å²) in [7, 11) is 0. The van der Waals surface area contributed by atoms with Crippen molar-refractivity contribution in [3.05, 3.63) is 70.2 Å². The average molecular weight is 382 g/mol. The smallest absolute Gasteiger partial charge is 0.286 e. The van der Waals surface area contributed by atoms with E-state index in [0.717, 1.165) is 11.3 Å². The average Bonchev–Trinajstić information content (AvgIpc) is 3.17. The second-order valence-corrected chi connectivity index (χ2v) is 6.52. The number of hydrogen-bond donors (Lipinski definition) is 2. The minimum absolute atomic E-state index is 0.197. The monoisotopic (exact) mass is 382 g/mol. The molecule has 0 bridgehead atoms. The number of ether oxygens (including phenoxy) is 1. The number of anilines is 1. The highest BCUT2D eigenvalue weighted by Crippen LogP contribution is 2.14. The van der Waals surface area contributed by atoms with E-state index in [1.807, 2.05) is 25.1 Å². The van der Waals surface area contributed by atoms with Crippen LogP contribution < -0.4 is 15.4 Å². The lowest BCUT2D eigenvalue weighted by Crippen LogP contribution is -2.22. The minimum Gasteiger partial charge on any atom is -0.494 e. The molecule has 0 aliphatic carbocycles. The molecule has 0 radical (unpaired) electrons. The highest BCUT2D eigenvalue weighted by molar-refractivity contribution is 7.13. The zero-order valence-electron chi connectivity index (χ0n) is 14.6. The van der Waals surface area contributed by atoms with Gasteiger partial charge in [-0.1, -0.05) is 29.5 Å². The number of benzene rings is 2. The highest BCUT2D eigenvalue weighted by atomic mass is 32.1. The molecule has 7 nitrogen and oxygen atoms in total. The SMILES string of the molecule is CCOc1ccc(C(=O)NCc2nnc(C(=O)Nc3ccccc3)s2)cc1. The highest BCUT2D eigenvalue weighted by Gasteiger charge is 2.14. The lowest BCUT2D eigenvalue weighted by atomic mass is 10.2. The first-order valence-electron chi connectivity index (χ1n) is 8.35. The van der Waals surface area contributed by atoms with Crippen LogP contribution in [0.5, 0.6) is 5.75 Å². The summed E-state index contributed by atoms with van der Waals surface area (Å²) in [5, 5.41) is 14.1.